The fraction of sp³-hybridized carbons (Fsp3) is 0.286. The van der Waals surface area contributed by atoms with E-state index in [-0.39, 0.29) is 17.5 Å². The van der Waals surface area contributed by atoms with Gasteiger partial charge in [-0.1, -0.05) is 6.92 Å². The molecule has 2 heterocycles. The lowest BCUT2D eigenvalue weighted by molar-refractivity contribution is 0.509. The standard InChI is InChI=1S/C14H14F2N4S/c1-3-8-6-18-13(21-8)7(2)20-12-10(19-14(20)17)5-4-9(15)11(12)16/h4-7H,3H2,1-2H3,(H2,17,19). The molecule has 0 amide bonds. The number of nitrogens with two attached hydrogens (primary N) is 1. The smallest absolute Gasteiger partial charge is 0.201 e. The van der Waals surface area contributed by atoms with Crippen molar-refractivity contribution in [3.63, 3.8) is 0 Å². The Bertz CT molecular complexity index is 809. The molecular formula is C14H14F2N4S. The first kappa shape index (κ1) is 13.9. The van der Waals surface area contributed by atoms with E-state index >= 15 is 0 Å². The average molecular weight is 308 g/mol. The lowest BCUT2D eigenvalue weighted by Gasteiger charge is -2.13. The highest BCUT2D eigenvalue weighted by molar-refractivity contribution is 7.11. The number of aromatic nitrogens is 3. The van der Waals surface area contributed by atoms with Gasteiger partial charge in [0.2, 0.25) is 5.95 Å². The van der Waals surface area contributed by atoms with E-state index in [0.29, 0.717) is 5.52 Å². The molecule has 0 aliphatic carbocycles. The highest BCUT2D eigenvalue weighted by Gasteiger charge is 2.22. The lowest BCUT2D eigenvalue weighted by Crippen LogP contribution is -2.11. The van der Waals surface area contributed by atoms with Crippen LogP contribution >= 0.6 is 11.3 Å². The van der Waals surface area contributed by atoms with Crippen molar-refractivity contribution in [2.24, 2.45) is 0 Å². The third kappa shape index (κ3) is 2.17. The Morgan fingerprint density at radius 2 is 2.14 bits per heavy atom. The van der Waals surface area contributed by atoms with Crippen LogP contribution in [0.5, 0.6) is 0 Å². The maximum atomic E-state index is 14.1. The Hall–Kier alpha value is -2.02. The molecule has 0 radical (unpaired) electrons. The maximum absolute atomic E-state index is 14.1. The molecule has 1 unspecified atom stereocenters. The van der Waals surface area contributed by atoms with Gasteiger partial charge in [0.25, 0.3) is 0 Å². The largest absolute Gasteiger partial charge is 0.369 e. The van der Waals surface area contributed by atoms with Crippen LogP contribution < -0.4 is 5.73 Å². The molecule has 0 aliphatic rings. The normalized spacial score (nSPS) is 13.0. The highest BCUT2D eigenvalue weighted by atomic mass is 32.1. The number of nitrogen functional groups attached to an aromatic ring is 1. The Morgan fingerprint density at radius 1 is 1.38 bits per heavy atom. The average Bonchev–Trinajstić information content (AvgIpc) is 3.06. The maximum Gasteiger partial charge on any atom is 0.201 e. The number of fused-ring (bicyclic) bond motifs is 1. The molecule has 0 spiro atoms. The molecule has 0 saturated heterocycles. The van der Waals surface area contributed by atoms with Crippen LogP contribution in [0.2, 0.25) is 0 Å². The zero-order valence-electron chi connectivity index (χ0n) is 11.6. The summed E-state index contributed by atoms with van der Waals surface area (Å²) in [6.07, 6.45) is 2.68. The number of thiazole rings is 1. The van der Waals surface area contributed by atoms with Crippen LogP contribution in [0.3, 0.4) is 0 Å². The van der Waals surface area contributed by atoms with Crippen LogP contribution in [-0.4, -0.2) is 14.5 Å². The second-order valence-corrected chi connectivity index (χ2v) is 5.91. The molecule has 2 N–H and O–H groups in total. The number of nitrogens with zero attached hydrogens (tertiary/aromatic N) is 3. The van der Waals surface area contributed by atoms with Gasteiger partial charge in [-0.3, -0.25) is 4.57 Å². The Kier molecular flexibility index (Phi) is 3.36. The van der Waals surface area contributed by atoms with Crippen molar-refractivity contribution in [2.45, 2.75) is 26.3 Å². The molecule has 110 valence electrons. The quantitative estimate of drug-likeness (QED) is 0.805. The lowest BCUT2D eigenvalue weighted by atomic mass is 10.2. The zero-order chi connectivity index (χ0) is 15.1. The van der Waals surface area contributed by atoms with Gasteiger partial charge in [0.15, 0.2) is 11.6 Å². The molecule has 0 fully saturated rings. The summed E-state index contributed by atoms with van der Waals surface area (Å²) in [6.45, 7) is 3.89. The number of benzene rings is 1. The van der Waals surface area contributed by atoms with Crippen LogP contribution in [-0.2, 0) is 6.42 Å². The molecule has 0 bridgehead atoms. The molecule has 0 saturated carbocycles. The molecule has 7 heteroatoms. The van der Waals surface area contributed by atoms with Gasteiger partial charge in [-0.2, -0.15) is 0 Å². The fourth-order valence-corrected chi connectivity index (χ4v) is 3.22. The number of aryl methyl sites for hydroxylation is 1. The summed E-state index contributed by atoms with van der Waals surface area (Å²) in [5.41, 5.74) is 6.30. The number of halogens is 2. The first-order chi connectivity index (χ1) is 10.0. The molecule has 3 rings (SSSR count). The van der Waals surface area contributed by atoms with Crippen molar-refractivity contribution in [1.29, 1.82) is 0 Å². The van der Waals surface area contributed by atoms with E-state index < -0.39 is 11.6 Å². The minimum atomic E-state index is -0.934. The van der Waals surface area contributed by atoms with E-state index in [1.807, 2.05) is 13.8 Å². The number of rotatable bonds is 3. The summed E-state index contributed by atoms with van der Waals surface area (Å²) in [7, 11) is 0. The molecular weight excluding hydrogens is 294 g/mol. The third-order valence-corrected chi connectivity index (χ3v) is 4.75. The molecule has 2 aromatic heterocycles. The van der Waals surface area contributed by atoms with Gasteiger partial charge < -0.3 is 5.73 Å². The number of imidazole rings is 1. The zero-order valence-corrected chi connectivity index (χ0v) is 12.4. The van der Waals surface area contributed by atoms with Crippen LogP contribution in [0.25, 0.3) is 11.0 Å². The minimum absolute atomic E-state index is 0.0771. The Labute approximate surface area is 124 Å². The molecule has 4 nitrogen and oxygen atoms in total. The van der Waals surface area contributed by atoms with Gasteiger partial charge in [0.1, 0.15) is 10.5 Å². The van der Waals surface area contributed by atoms with Gasteiger partial charge in [-0.15, -0.1) is 11.3 Å². The van der Waals surface area contributed by atoms with E-state index in [4.69, 9.17) is 5.73 Å². The Balaban J connectivity index is 2.19. The van der Waals surface area contributed by atoms with Gasteiger partial charge in [0.05, 0.1) is 11.6 Å². The number of hydrogen-bond acceptors (Lipinski definition) is 4. The van der Waals surface area contributed by atoms with E-state index in [0.717, 1.165) is 22.4 Å². The number of anilines is 1. The minimum Gasteiger partial charge on any atom is -0.369 e. The van der Waals surface area contributed by atoms with Crippen molar-refractivity contribution < 1.29 is 8.78 Å². The molecule has 3 aromatic rings. The Morgan fingerprint density at radius 3 is 2.81 bits per heavy atom. The molecule has 0 aliphatic heterocycles. The first-order valence-electron chi connectivity index (χ1n) is 6.59. The monoisotopic (exact) mass is 308 g/mol. The SMILES string of the molecule is CCc1cnc(C(C)n2c(N)nc3ccc(F)c(F)c32)s1. The van der Waals surface area contributed by atoms with E-state index in [2.05, 4.69) is 9.97 Å². The van der Waals surface area contributed by atoms with Crippen LogP contribution in [0.1, 0.15) is 29.8 Å². The fourth-order valence-electron chi connectivity index (χ4n) is 2.32. The molecule has 1 aromatic carbocycles. The summed E-state index contributed by atoms with van der Waals surface area (Å²) >= 11 is 1.54. The second-order valence-electron chi connectivity index (χ2n) is 4.76. The summed E-state index contributed by atoms with van der Waals surface area (Å²) < 4.78 is 29.1. The van der Waals surface area contributed by atoms with Crippen LogP contribution in [0.15, 0.2) is 18.3 Å². The highest BCUT2D eigenvalue weighted by Crippen LogP contribution is 2.31. The van der Waals surface area contributed by atoms with Crippen LogP contribution in [0, 0.1) is 11.6 Å². The van der Waals surface area contributed by atoms with Crippen molar-refractivity contribution >= 4 is 28.3 Å². The predicted molar refractivity (Wildman–Crippen MR) is 79.4 cm³/mol. The topological polar surface area (TPSA) is 56.7 Å². The summed E-state index contributed by atoms with van der Waals surface area (Å²) in [4.78, 5) is 9.57. The van der Waals surface area contributed by atoms with Crippen molar-refractivity contribution in [3.05, 3.63) is 39.8 Å². The van der Waals surface area contributed by atoms with Crippen molar-refractivity contribution in [1.82, 2.24) is 14.5 Å². The van der Waals surface area contributed by atoms with Gasteiger partial charge in [-0.05, 0) is 25.5 Å². The van der Waals surface area contributed by atoms with Gasteiger partial charge in [-0.25, -0.2) is 18.7 Å². The van der Waals surface area contributed by atoms with Gasteiger partial charge >= 0.3 is 0 Å². The van der Waals surface area contributed by atoms with Crippen LogP contribution in [0.4, 0.5) is 14.7 Å². The number of hydrogen-bond donors (Lipinski definition) is 1. The van der Waals surface area contributed by atoms with E-state index in [1.54, 1.807) is 6.20 Å². The predicted octanol–water partition coefficient (Wildman–Crippen LogP) is 3.52. The second kappa shape index (κ2) is 5.07. The van der Waals surface area contributed by atoms with Crippen molar-refractivity contribution in [3.8, 4) is 0 Å². The molecule has 1 atom stereocenters. The first-order valence-corrected chi connectivity index (χ1v) is 7.40. The van der Waals surface area contributed by atoms with Gasteiger partial charge in [0, 0.05) is 11.1 Å². The van der Waals surface area contributed by atoms with E-state index in [9.17, 15) is 8.78 Å². The van der Waals surface area contributed by atoms with Crippen molar-refractivity contribution in [2.75, 3.05) is 5.73 Å². The van der Waals surface area contributed by atoms with E-state index in [1.165, 1.54) is 22.0 Å². The molecule has 21 heavy (non-hydrogen) atoms. The third-order valence-electron chi connectivity index (χ3n) is 3.44. The summed E-state index contributed by atoms with van der Waals surface area (Å²) in [5, 5.41) is 0.793. The summed E-state index contributed by atoms with van der Waals surface area (Å²) in [6, 6.07) is 2.17. The summed E-state index contributed by atoms with van der Waals surface area (Å²) in [5.74, 6) is -1.70.